The van der Waals surface area contributed by atoms with Crippen LogP contribution in [-0.2, 0) is 4.79 Å². The summed E-state index contributed by atoms with van der Waals surface area (Å²) in [6.07, 6.45) is 10.8. The predicted octanol–water partition coefficient (Wildman–Crippen LogP) is 2.57. The summed E-state index contributed by atoms with van der Waals surface area (Å²) < 4.78 is 1.75. The van der Waals surface area contributed by atoms with E-state index in [2.05, 4.69) is 5.10 Å². The van der Waals surface area contributed by atoms with E-state index in [1.54, 1.807) is 10.9 Å². The summed E-state index contributed by atoms with van der Waals surface area (Å²) in [7, 11) is 0. The Bertz CT molecular complexity index is 633. The van der Waals surface area contributed by atoms with Crippen LogP contribution in [0.4, 0.5) is 0 Å². The number of amides is 1. The van der Waals surface area contributed by atoms with Crippen LogP contribution in [0.5, 0.6) is 0 Å². The second kappa shape index (κ2) is 6.22. The Morgan fingerprint density at radius 2 is 1.96 bits per heavy atom. The van der Waals surface area contributed by atoms with Gasteiger partial charge in [-0.15, -0.1) is 0 Å². The number of hydrogen-bond donors (Lipinski definition) is 1. The van der Waals surface area contributed by atoms with Gasteiger partial charge < -0.3 is 10.0 Å². The second-order valence-corrected chi connectivity index (χ2v) is 7.77. The van der Waals surface area contributed by atoms with Crippen molar-refractivity contribution in [1.82, 2.24) is 14.7 Å². The number of hydrogen-bond acceptors (Lipinski definition) is 3. The maximum atomic E-state index is 12.6. The number of nitrogens with zero attached hydrogens (tertiary/aromatic N) is 3. The summed E-state index contributed by atoms with van der Waals surface area (Å²) >= 11 is 0. The molecule has 3 fully saturated rings. The fourth-order valence-corrected chi connectivity index (χ4v) is 5.01. The minimum absolute atomic E-state index is 0.199. The van der Waals surface area contributed by atoms with Crippen molar-refractivity contribution in [2.24, 2.45) is 17.8 Å². The minimum atomic E-state index is -0.945. The maximum absolute atomic E-state index is 12.6. The second-order valence-electron chi connectivity index (χ2n) is 7.77. The van der Waals surface area contributed by atoms with Gasteiger partial charge in [0.2, 0.25) is 5.91 Å². The Morgan fingerprint density at radius 1 is 1.17 bits per heavy atom. The van der Waals surface area contributed by atoms with Crippen LogP contribution in [0.1, 0.15) is 61.3 Å². The summed E-state index contributed by atoms with van der Waals surface area (Å²) in [5, 5.41) is 13.2. The number of carboxylic acids is 1. The summed E-state index contributed by atoms with van der Waals surface area (Å²) in [6.45, 7) is 1.51. The number of carbonyl (C=O) groups excluding carboxylic acids is 1. The molecule has 130 valence electrons. The van der Waals surface area contributed by atoms with E-state index in [4.69, 9.17) is 5.11 Å². The Labute approximate surface area is 141 Å². The Kier molecular flexibility index (Phi) is 4.06. The molecule has 2 aliphatic carbocycles. The first-order valence-electron chi connectivity index (χ1n) is 9.15. The molecule has 6 nitrogen and oxygen atoms in total. The van der Waals surface area contributed by atoms with Crippen molar-refractivity contribution in [3.8, 4) is 0 Å². The van der Waals surface area contributed by atoms with Crippen LogP contribution < -0.4 is 0 Å². The van der Waals surface area contributed by atoms with Crippen molar-refractivity contribution in [2.75, 3.05) is 13.1 Å². The van der Waals surface area contributed by atoms with Gasteiger partial charge in [-0.2, -0.15) is 5.10 Å². The van der Waals surface area contributed by atoms with Gasteiger partial charge in [0.15, 0.2) is 0 Å². The molecule has 3 atom stereocenters. The highest BCUT2D eigenvalue weighted by Crippen LogP contribution is 2.49. The third-order valence-electron chi connectivity index (χ3n) is 6.36. The SMILES string of the molecule is O=C(O)c1cnn(C2CCN(C(=O)CC3CC4CCC3C4)CC2)c1. The fourth-order valence-electron chi connectivity index (χ4n) is 5.01. The third kappa shape index (κ3) is 2.94. The molecule has 1 aromatic heterocycles. The average Bonchev–Trinajstić information content (AvgIpc) is 3.31. The van der Waals surface area contributed by atoms with Crippen molar-refractivity contribution in [3.05, 3.63) is 18.0 Å². The third-order valence-corrected chi connectivity index (χ3v) is 6.36. The van der Waals surface area contributed by atoms with Crippen molar-refractivity contribution >= 4 is 11.9 Å². The highest BCUT2D eigenvalue weighted by Gasteiger charge is 2.40. The van der Waals surface area contributed by atoms with Gasteiger partial charge in [-0.05, 0) is 49.9 Å². The minimum Gasteiger partial charge on any atom is -0.478 e. The fraction of sp³-hybridized carbons (Fsp3) is 0.722. The molecule has 1 amide bonds. The number of piperidine rings is 1. The Balaban J connectivity index is 1.29. The largest absolute Gasteiger partial charge is 0.478 e. The number of fused-ring (bicyclic) bond motifs is 2. The van der Waals surface area contributed by atoms with Crippen LogP contribution in [0.3, 0.4) is 0 Å². The number of aromatic nitrogens is 2. The Morgan fingerprint density at radius 3 is 2.54 bits per heavy atom. The first kappa shape index (κ1) is 15.7. The maximum Gasteiger partial charge on any atom is 0.338 e. The first-order valence-corrected chi connectivity index (χ1v) is 9.15. The van der Waals surface area contributed by atoms with Crippen LogP contribution >= 0.6 is 0 Å². The molecule has 2 bridgehead atoms. The summed E-state index contributed by atoms with van der Waals surface area (Å²) in [6, 6.07) is 0.199. The van der Waals surface area contributed by atoms with E-state index in [1.165, 1.54) is 31.9 Å². The van der Waals surface area contributed by atoms with E-state index in [1.807, 2.05) is 4.90 Å². The summed E-state index contributed by atoms with van der Waals surface area (Å²) in [4.78, 5) is 25.5. The zero-order chi connectivity index (χ0) is 16.7. The van der Waals surface area contributed by atoms with Crippen molar-refractivity contribution in [2.45, 2.75) is 51.0 Å². The van der Waals surface area contributed by atoms with Crippen LogP contribution in [0.25, 0.3) is 0 Å². The Hall–Kier alpha value is -1.85. The summed E-state index contributed by atoms with van der Waals surface area (Å²) in [5.41, 5.74) is 0.227. The lowest BCUT2D eigenvalue weighted by molar-refractivity contribution is -0.134. The van der Waals surface area contributed by atoms with Crippen molar-refractivity contribution in [1.29, 1.82) is 0 Å². The van der Waals surface area contributed by atoms with Gasteiger partial charge in [0.05, 0.1) is 17.8 Å². The molecule has 1 aromatic rings. The molecule has 3 unspecified atom stereocenters. The van der Waals surface area contributed by atoms with Gasteiger partial charge >= 0.3 is 5.97 Å². The molecular formula is C18H25N3O3. The molecule has 1 N–H and O–H groups in total. The van der Waals surface area contributed by atoms with Crippen molar-refractivity contribution < 1.29 is 14.7 Å². The van der Waals surface area contributed by atoms with E-state index in [0.717, 1.165) is 44.2 Å². The van der Waals surface area contributed by atoms with Gasteiger partial charge in [0.1, 0.15) is 0 Å². The van der Waals surface area contributed by atoms with Crippen LogP contribution in [0, 0.1) is 17.8 Å². The highest BCUT2D eigenvalue weighted by molar-refractivity contribution is 5.86. The molecule has 0 radical (unpaired) electrons. The predicted molar refractivity (Wildman–Crippen MR) is 87.6 cm³/mol. The van der Waals surface area contributed by atoms with Gasteiger partial charge in [-0.25, -0.2) is 4.79 Å². The van der Waals surface area contributed by atoms with Crippen LogP contribution in [0.15, 0.2) is 12.4 Å². The molecule has 2 saturated carbocycles. The topological polar surface area (TPSA) is 75.4 Å². The molecule has 24 heavy (non-hydrogen) atoms. The molecule has 4 rings (SSSR count). The van der Waals surface area contributed by atoms with Crippen LogP contribution in [0.2, 0.25) is 0 Å². The van der Waals surface area contributed by atoms with E-state index in [0.29, 0.717) is 11.8 Å². The molecule has 6 heteroatoms. The molecule has 1 aliphatic heterocycles. The van der Waals surface area contributed by atoms with Gasteiger partial charge in [-0.3, -0.25) is 9.48 Å². The standard InChI is InChI=1S/C18H25N3O3/c22-17(9-14-8-12-1-2-13(14)7-12)20-5-3-16(4-6-20)21-11-15(10-19-21)18(23)24/h10-14,16H,1-9H2,(H,23,24). The lowest BCUT2D eigenvalue weighted by Gasteiger charge is -2.33. The number of aromatic carboxylic acids is 1. The monoisotopic (exact) mass is 331 g/mol. The number of rotatable bonds is 4. The van der Waals surface area contributed by atoms with Gasteiger partial charge in [-0.1, -0.05) is 6.42 Å². The van der Waals surface area contributed by atoms with Gasteiger partial charge in [0.25, 0.3) is 0 Å². The molecular weight excluding hydrogens is 306 g/mol. The first-order chi connectivity index (χ1) is 11.6. The number of carboxylic acid groups (broad SMARTS) is 1. The summed E-state index contributed by atoms with van der Waals surface area (Å²) in [5.74, 6) is 1.69. The quantitative estimate of drug-likeness (QED) is 0.920. The zero-order valence-electron chi connectivity index (χ0n) is 13.9. The highest BCUT2D eigenvalue weighted by atomic mass is 16.4. The molecule has 3 aliphatic rings. The smallest absolute Gasteiger partial charge is 0.338 e. The van der Waals surface area contributed by atoms with Gasteiger partial charge in [0, 0.05) is 25.7 Å². The molecule has 0 spiro atoms. The van der Waals surface area contributed by atoms with E-state index < -0.39 is 5.97 Å². The van der Waals surface area contributed by atoms with E-state index in [-0.39, 0.29) is 11.6 Å². The van der Waals surface area contributed by atoms with E-state index in [9.17, 15) is 9.59 Å². The zero-order valence-corrected chi connectivity index (χ0v) is 13.9. The molecule has 0 aromatic carbocycles. The lowest BCUT2D eigenvalue weighted by atomic mass is 9.86. The number of carbonyl (C=O) groups is 2. The molecule has 2 heterocycles. The normalized spacial score (nSPS) is 30.0. The lowest BCUT2D eigenvalue weighted by Crippen LogP contribution is -2.40. The average molecular weight is 331 g/mol. The van der Waals surface area contributed by atoms with E-state index >= 15 is 0 Å². The van der Waals surface area contributed by atoms with Crippen LogP contribution in [-0.4, -0.2) is 44.8 Å². The number of likely N-dealkylation sites (tertiary alicyclic amines) is 1. The van der Waals surface area contributed by atoms with Crippen molar-refractivity contribution in [3.63, 3.8) is 0 Å². The molecule has 1 saturated heterocycles.